The van der Waals surface area contributed by atoms with Crippen molar-refractivity contribution in [1.82, 2.24) is 20.6 Å². The summed E-state index contributed by atoms with van der Waals surface area (Å²) in [6, 6.07) is 2.71. The third-order valence-corrected chi connectivity index (χ3v) is 5.09. The Labute approximate surface area is 143 Å². The maximum atomic E-state index is 12.5. The van der Waals surface area contributed by atoms with E-state index in [4.69, 9.17) is 0 Å². The molecule has 7 nitrogen and oxygen atoms in total. The number of nitrogens with one attached hydrogen (secondary N) is 3. The van der Waals surface area contributed by atoms with E-state index in [2.05, 4.69) is 37.7 Å². The Morgan fingerprint density at radius 3 is 3.08 bits per heavy atom. The van der Waals surface area contributed by atoms with Gasteiger partial charge in [0, 0.05) is 44.2 Å². The first-order chi connectivity index (χ1) is 11.7. The van der Waals surface area contributed by atoms with Crippen molar-refractivity contribution in [3.8, 4) is 0 Å². The van der Waals surface area contributed by atoms with Crippen LogP contribution >= 0.6 is 0 Å². The third kappa shape index (κ3) is 3.95. The van der Waals surface area contributed by atoms with Gasteiger partial charge >= 0.3 is 0 Å². The van der Waals surface area contributed by atoms with Crippen LogP contribution in [0.15, 0.2) is 12.4 Å². The van der Waals surface area contributed by atoms with Crippen molar-refractivity contribution in [2.24, 2.45) is 5.92 Å². The largest absolute Gasteiger partial charge is 0.373 e. The molecule has 3 atom stereocenters. The summed E-state index contributed by atoms with van der Waals surface area (Å²) in [5, 5.41) is 9.62. The third-order valence-electron chi connectivity index (χ3n) is 5.09. The molecule has 2 saturated heterocycles. The molecule has 24 heavy (non-hydrogen) atoms. The molecule has 2 aliphatic rings. The van der Waals surface area contributed by atoms with E-state index < -0.39 is 0 Å². The van der Waals surface area contributed by atoms with Crippen LogP contribution in [0.2, 0.25) is 0 Å². The van der Waals surface area contributed by atoms with E-state index in [1.807, 2.05) is 13.1 Å². The van der Waals surface area contributed by atoms with Crippen LogP contribution in [0.4, 0.5) is 11.6 Å². The van der Waals surface area contributed by atoms with E-state index in [0.29, 0.717) is 18.6 Å². The molecular weight excluding hydrogens is 304 g/mol. The van der Waals surface area contributed by atoms with Crippen LogP contribution in [0, 0.1) is 5.92 Å². The summed E-state index contributed by atoms with van der Waals surface area (Å²) < 4.78 is 0. The number of anilines is 2. The summed E-state index contributed by atoms with van der Waals surface area (Å²) in [5.74, 6) is 2.10. The van der Waals surface area contributed by atoms with Gasteiger partial charge in [0.2, 0.25) is 5.91 Å². The van der Waals surface area contributed by atoms with E-state index >= 15 is 0 Å². The second-order valence-electron chi connectivity index (χ2n) is 6.82. The average molecular weight is 332 g/mol. The van der Waals surface area contributed by atoms with Crippen molar-refractivity contribution in [2.45, 2.75) is 44.7 Å². The summed E-state index contributed by atoms with van der Waals surface area (Å²) in [7, 11) is 1.85. The number of nitrogens with zero attached hydrogens (tertiary/aromatic N) is 3. The molecule has 2 fully saturated rings. The molecule has 7 heteroatoms. The molecule has 1 amide bonds. The minimum absolute atomic E-state index is 0.144. The highest BCUT2D eigenvalue weighted by Crippen LogP contribution is 2.24. The highest BCUT2D eigenvalue weighted by molar-refractivity contribution is 5.78. The molecule has 0 aliphatic carbocycles. The molecule has 3 N–H and O–H groups in total. The number of carbonyl (C=O) groups excluding carboxylic acids is 1. The molecular formula is C17H28N6O. The highest BCUT2D eigenvalue weighted by atomic mass is 16.1. The van der Waals surface area contributed by atoms with Gasteiger partial charge in [0.1, 0.15) is 18.0 Å². The first-order valence-electron chi connectivity index (χ1n) is 8.95. The fourth-order valence-electron chi connectivity index (χ4n) is 3.72. The summed E-state index contributed by atoms with van der Waals surface area (Å²) in [6.07, 6.45) is 5.66. The zero-order valence-corrected chi connectivity index (χ0v) is 14.6. The molecule has 1 aromatic heterocycles. The monoisotopic (exact) mass is 332 g/mol. The summed E-state index contributed by atoms with van der Waals surface area (Å²) in [6.45, 7) is 4.75. The zero-order valence-electron chi connectivity index (χ0n) is 14.6. The van der Waals surface area contributed by atoms with Crippen LogP contribution in [0.3, 0.4) is 0 Å². The second kappa shape index (κ2) is 7.79. The SMILES string of the molecule is CNc1cc(N2CCCC2CNC(=O)[C@H]2CCN[C@@H](C)C2)ncn1. The van der Waals surface area contributed by atoms with Gasteiger partial charge in [0.05, 0.1) is 0 Å². The molecule has 0 radical (unpaired) electrons. The highest BCUT2D eigenvalue weighted by Gasteiger charge is 2.29. The van der Waals surface area contributed by atoms with Gasteiger partial charge in [0.15, 0.2) is 0 Å². The smallest absolute Gasteiger partial charge is 0.223 e. The van der Waals surface area contributed by atoms with Crippen molar-refractivity contribution in [1.29, 1.82) is 0 Å². The normalized spacial score (nSPS) is 27.1. The standard InChI is InChI=1S/C17H28N6O/c1-12-8-13(5-6-19-12)17(24)20-10-14-4-3-7-23(14)16-9-15(18-2)21-11-22-16/h9,11-14,19H,3-8,10H2,1-2H3,(H,20,24)(H,18,21,22)/t12-,13-,14?/m0/s1. The minimum Gasteiger partial charge on any atom is -0.373 e. The molecule has 132 valence electrons. The fourth-order valence-corrected chi connectivity index (χ4v) is 3.72. The number of aromatic nitrogens is 2. The van der Waals surface area contributed by atoms with Gasteiger partial charge < -0.3 is 20.9 Å². The molecule has 0 bridgehead atoms. The van der Waals surface area contributed by atoms with Crippen LogP contribution in [0.5, 0.6) is 0 Å². The van der Waals surface area contributed by atoms with E-state index in [1.165, 1.54) is 0 Å². The van der Waals surface area contributed by atoms with Gasteiger partial charge in [0.25, 0.3) is 0 Å². The van der Waals surface area contributed by atoms with Crippen LogP contribution < -0.4 is 20.9 Å². The lowest BCUT2D eigenvalue weighted by Crippen LogP contribution is -2.46. The summed E-state index contributed by atoms with van der Waals surface area (Å²) in [5.41, 5.74) is 0. The first-order valence-corrected chi connectivity index (χ1v) is 8.95. The number of carbonyl (C=O) groups is 1. The molecule has 0 aromatic carbocycles. The van der Waals surface area contributed by atoms with Crippen molar-refractivity contribution >= 4 is 17.5 Å². The van der Waals surface area contributed by atoms with Crippen molar-refractivity contribution in [3.05, 3.63) is 12.4 Å². The van der Waals surface area contributed by atoms with E-state index in [-0.39, 0.29) is 11.8 Å². The number of amides is 1. The van der Waals surface area contributed by atoms with Crippen molar-refractivity contribution in [2.75, 3.05) is 36.9 Å². The lowest BCUT2D eigenvalue weighted by molar-refractivity contribution is -0.126. The number of rotatable bonds is 5. The van der Waals surface area contributed by atoms with Crippen molar-refractivity contribution in [3.63, 3.8) is 0 Å². The van der Waals surface area contributed by atoms with E-state index in [1.54, 1.807) is 6.33 Å². The van der Waals surface area contributed by atoms with Gasteiger partial charge in [-0.1, -0.05) is 0 Å². The molecule has 2 aliphatic heterocycles. The van der Waals surface area contributed by atoms with Crippen molar-refractivity contribution < 1.29 is 4.79 Å². The lowest BCUT2D eigenvalue weighted by Gasteiger charge is -2.29. The minimum atomic E-state index is 0.144. The molecule has 1 unspecified atom stereocenters. The van der Waals surface area contributed by atoms with Gasteiger partial charge in [-0.05, 0) is 39.2 Å². The predicted molar refractivity (Wildman–Crippen MR) is 95.1 cm³/mol. The van der Waals surface area contributed by atoms with Gasteiger partial charge in [-0.3, -0.25) is 4.79 Å². The van der Waals surface area contributed by atoms with Crippen LogP contribution in [-0.4, -0.2) is 54.6 Å². The Kier molecular flexibility index (Phi) is 5.50. The molecule has 0 saturated carbocycles. The molecule has 3 heterocycles. The number of hydrogen-bond donors (Lipinski definition) is 3. The van der Waals surface area contributed by atoms with Gasteiger partial charge in [-0.2, -0.15) is 0 Å². The Hall–Kier alpha value is -1.89. The Balaban J connectivity index is 1.56. The first kappa shape index (κ1) is 17.0. The lowest BCUT2D eigenvalue weighted by atomic mass is 9.92. The van der Waals surface area contributed by atoms with Crippen LogP contribution in [-0.2, 0) is 4.79 Å². The molecule has 0 spiro atoms. The molecule has 1 aromatic rings. The summed E-state index contributed by atoms with van der Waals surface area (Å²) >= 11 is 0. The van der Waals surface area contributed by atoms with Gasteiger partial charge in [-0.15, -0.1) is 0 Å². The zero-order chi connectivity index (χ0) is 16.9. The topological polar surface area (TPSA) is 82.2 Å². The second-order valence-corrected chi connectivity index (χ2v) is 6.82. The summed E-state index contributed by atoms with van der Waals surface area (Å²) in [4.78, 5) is 23.3. The Morgan fingerprint density at radius 2 is 2.29 bits per heavy atom. The Bertz CT molecular complexity index is 566. The van der Waals surface area contributed by atoms with Gasteiger partial charge in [-0.25, -0.2) is 9.97 Å². The maximum Gasteiger partial charge on any atom is 0.223 e. The average Bonchev–Trinajstić information content (AvgIpc) is 3.08. The predicted octanol–water partition coefficient (Wildman–Crippen LogP) is 0.991. The fraction of sp³-hybridized carbons (Fsp3) is 0.706. The maximum absolute atomic E-state index is 12.5. The number of hydrogen-bond acceptors (Lipinski definition) is 6. The van der Waals surface area contributed by atoms with Crippen LogP contribution in [0.25, 0.3) is 0 Å². The van der Waals surface area contributed by atoms with E-state index in [9.17, 15) is 4.79 Å². The van der Waals surface area contributed by atoms with E-state index in [0.717, 1.165) is 50.4 Å². The Morgan fingerprint density at radius 1 is 1.42 bits per heavy atom. The van der Waals surface area contributed by atoms with Crippen LogP contribution in [0.1, 0.15) is 32.6 Å². The molecule has 3 rings (SSSR count). The number of piperidine rings is 1. The quantitative estimate of drug-likeness (QED) is 0.746.